The standard InChI is InChI=1S/C16H23ClN2O/c1-16(2,15(20)18-3)10-19-14-8-12(9-14)11-5-4-6-13(17)7-11/h4-7,12,14,19H,8-10H2,1-3H3,(H,18,20). The van der Waals surface area contributed by atoms with Gasteiger partial charge in [0.2, 0.25) is 5.91 Å². The van der Waals surface area contributed by atoms with Crippen molar-refractivity contribution < 1.29 is 4.79 Å². The van der Waals surface area contributed by atoms with Gasteiger partial charge in [-0.1, -0.05) is 23.7 Å². The van der Waals surface area contributed by atoms with Gasteiger partial charge in [-0.25, -0.2) is 0 Å². The maximum absolute atomic E-state index is 11.7. The van der Waals surface area contributed by atoms with E-state index in [0.29, 0.717) is 18.5 Å². The molecule has 1 aromatic rings. The molecule has 2 N–H and O–H groups in total. The van der Waals surface area contributed by atoms with Crippen LogP contribution in [0.1, 0.15) is 38.2 Å². The molecular formula is C16H23ClN2O. The predicted molar refractivity (Wildman–Crippen MR) is 83.1 cm³/mol. The van der Waals surface area contributed by atoms with Crippen LogP contribution in [0.3, 0.4) is 0 Å². The Balaban J connectivity index is 1.79. The fourth-order valence-electron chi connectivity index (χ4n) is 2.64. The summed E-state index contributed by atoms with van der Waals surface area (Å²) in [5.74, 6) is 0.671. The molecule has 0 heterocycles. The van der Waals surface area contributed by atoms with Crippen LogP contribution in [0.4, 0.5) is 0 Å². The van der Waals surface area contributed by atoms with Gasteiger partial charge in [-0.15, -0.1) is 0 Å². The van der Waals surface area contributed by atoms with Crippen LogP contribution >= 0.6 is 11.6 Å². The summed E-state index contributed by atoms with van der Waals surface area (Å²) in [6.07, 6.45) is 2.23. The van der Waals surface area contributed by atoms with Crippen molar-refractivity contribution >= 4 is 17.5 Å². The van der Waals surface area contributed by atoms with Gasteiger partial charge in [0.05, 0.1) is 5.41 Å². The van der Waals surface area contributed by atoms with Crippen LogP contribution in [0, 0.1) is 5.41 Å². The van der Waals surface area contributed by atoms with Crippen molar-refractivity contribution in [2.24, 2.45) is 5.41 Å². The molecule has 0 saturated heterocycles. The van der Waals surface area contributed by atoms with E-state index in [2.05, 4.69) is 22.8 Å². The van der Waals surface area contributed by atoms with Crippen molar-refractivity contribution in [3.05, 3.63) is 34.9 Å². The minimum absolute atomic E-state index is 0.0794. The number of carbonyl (C=O) groups is 1. The Kier molecular flexibility index (Phi) is 4.71. The minimum atomic E-state index is -0.365. The van der Waals surface area contributed by atoms with Crippen LogP contribution in [-0.2, 0) is 4.79 Å². The fourth-order valence-corrected chi connectivity index (χ4v) is 2.83. The molecule has 2 rings (SSSR count). The summed E-state index contributed by atoms with van der Waals surface area (Å²) in [5.41, 5.74) is 0.955. The lowest BCUT2D eigenvalue weighted by Crippen LogP contribution is -2.48. The first-order valence-electron chi connectivity index (χ1n) is 7.13. The van der Waals surface area contributed by atoms with Crippen LogP contribution in [0.25, 0.3) is 0 Å². The van der Waals surface area contributed by atoms with E-state index >= 15 is 0 Å². The molecule has 1 aliphatic rings. The molecule has 1 amide bonds. The predicted octanol–water partition coefficient (Wildman–Crippen LogP) is 2.95. The van der Waals surface area contributed by atoms with Crippen LogP contribution < -0.4 is 10.6 Å². The highest BCUT2D eigenvalue weighted by atomic mass is 35.5. The third-order valence-corrected chi connectivity index (χ3v) is 4.37. The summed E-state index contributed by atoms with van der Waals surface area (Å²) in [6, 6.07) is 8.61. The Morgan fingerprint density at radius 1 is 1.40 bits per heavy atom. The normalized spacial score (nSPS) is 22.2. The molecule has 1 fully saturated rings. The Labute approximate surface area is 126 Å². The molecule has 0 atom stereocenters. The molecule has 1 aromatic carbocycles. The molecule has 3 nitrogen and oxygen atoms in total. The summed E-state index contributed by atoms with van der Waals surface area (Å²) >= 11 is 6.02. The van der Waals surface area contributed by atoms with Gasteiger partial charge in [0.1, 0.15) is 0 Å². The summed E-state index contributed by atoms with van der Waals surface area (Å²) in [7, 11) is 1.68. The first kappa shape index (κ1) is 15.3. The average molecular weight is 295 g/mol. The van der Waals surface area contributed by atoms with E-state index < -0.39 is 0 Å². The minimum Gasteiger partial charge on any atom is -0.359 e. The molecule has 0 aliphatic heterocycles. The van der Waals surface area contributed by atoms with Crippen molar-refractivity contribution in [3.63, 3.8) is 0 Å². The molecule has 0 bridgehead atoms. The van der Waals surface area contributed by atoms with E-state index in [1.807, 2.05) is 26.0 Å². The van der Waals surface area contributed by atoms with Gasteiger partial charge < -0.3 is 10.6 Å². The van der Waals surface area contributed by atoms with Crippen molar-refractivity contribution in [3.8, 4) is 0 Å². The lowest BCUT2D eigenvalue weighted by Gasteiger charge is -2.38. The summed E-state index contributed by atoms with van der Waals surface area (Å²) in [5, 5.41) is 7.01. The van der Waals surface area contributed by atoms with Crippen molar-refractivity contribution in [2.45, 2.75) is 38.6 Å². The fraction of sp³-hybridized carbons (Fsp3) is 0.562. The second-order valence-corrected chi connectivity index (χ2v) is 6.70. The maximum Gasteiger partial charge on any atom is 0.226 e. The van der Waals surface area contributed by atoms with E-state index in [-0.39, 0.29) is 11.3 Å². The third-order valence-electron chi connectivity index (χ3n) is 4.13. The third kappa shape index (κ3) is 3.53. The van der Waals surface area contributed by atoms with Gasteiger partial charge in [0, 0.05) is 24.7 Å². The molecule has 0 spiro atoms. The maximum atomic E-state index is 11.7. The van der Waals surface area contributed by atoms with E-state index in [0.717, 1.165) is 17.9 Å². The van der Waals surface area contributed by atoms with Crippen LogP contribution in [0.2, 0.25) is 5.02 Å². The number of halogens is 1. The highest BCUT2D eigenvalue weighted by molar-refractivity contribution is 6.30. The Hall–Kier alpha value is -1.06. The topological polar surface area (TPSA) is 41.1 Å². The molecule has 110 valence electrons. The van der Waals surface area contributed by atoms with Crippen molar-refractivity contribution in [1.29, 1.82) is 0 Å². The second-order valence-electron chi connectivity index (χ2n) is 6.26. The summed E-state index contributed by atoms with van der Waals surface area (Å²) < 4.78 is 0. The van der Waals surface area contributed by atoms with Gasteiger partial charge >= 0.3 is 0 Å². The van der Waals surface area contributed by atoms with Gasteiger partial charge in [-0.05, 0) is 50.3 Å². The lowest BCUT2D eigenvalue weighted by atomic mass is 9.75. The number of rotatable bonds is 5. The number of amides is 1. The molecular weight excluding hydrogens is 272 g/mol. The zero-order valence-corrected chi connectivity index (χ0v) is 13.1. The number of hydrogen-bond acceptors (Lipinski definition) is 2. The van der Waals surface area contributed by atoms with E-state index in [1.54, 1.807) is 7.05 Å². The first-order valence-corrected chi connectivity index (χ1v) is 7.51. The molecule has 1 saturated carbocycles. The Morgan fingerprint density at radius 3 is 2.70 bits per heavy atom. The van der Waals surface area contributed by atoms with Crippen LogP contribution in [0.5, 0.6) is 0 Å². The van der Waals surface area contributed by atoms with Crippen molar-refractivity contribution in [1.82, 2.24) is 10.6 Å². The van der Waals surface area contributed by atoms with E-state index in [1.165, 1.54) is 5.56 Å². The van der Waals surface area contributed by atoms with Gasteiger partial charge in [-0.2, -0.15) is 0 Å². The number of nitrogens with one attached hydrogen (secondary N) is 2. The quantitative estimate of drug-likeness (QED) is 0.877. The monoisotopic (exact) mass is 294 g/mol. The molecule has 20 heavy (non-hydrogen) atoms. The van der Waals surface area contributed by atoms with Gasteiger partial charge in [0.25, 0.3) is 0 Å². The largest absolute Gasteiger partial charge is 0.359 e. The number of carbonyl (C=O) groups excluding carboxylic acids is 1. The summed E-state index contributed by atoms with van der Waals surface area (Å²) in [6.45, 7) is 4.64. The SMILES string of the molecule is CNC(=O)C(C)(C)CNC1CC(c2cccc(Cl)c2)C1. The van der Waals surface area contributed by atoms with Crippen LogP contribution in [0.15, 0.2) is 24.3 Å². The number of benzene rings is 1. The highest BCUT2D eigenvalue weighted by Crippen LogP contribution is 2.37. The van der Waals surface area contributed by atoms with Crippen LogP contribution in [-0.4, -0.2) is 25.5 Å². The highest BCUT2D eigenvalue weighted by Gasteiger charge is 2.33. The van der Waals surface area contributed by atoms with Crippen molar-refractivity contribution in [2.75, 3.05) is 13.6 Å². The summed E-state index contributed by atoms with van der Waals surface area (Å²) in [4.78, 5) is 11.7. The Bertz CT molecular complexity index is 481. The van der Waals surface area contributed by atoms with Gasteiger partial charge in [-0.3, -0.25) is 4.79 Å². The lowest BCUT2D eigenvalue weighted by molar-refractivity contribution is -0.128. The Morgan fingerprint density at radius 2 is 2.10 bits per heavy atom. The second kappa shape index (κ2) is 6.15. The molecule has 1 aliphatic carbocycles. The first-order chi connectivity index (χ1) is 9.42. The smallest absolute Gasteiger partial charge is 0.226 e. The molecule has 0 unspecified atom stereocenters. The molecule has 4 heteroatoms. The average Bonchev–Trinajstić information content (AvgIpc) is 2.35. The molecule has 0 aromatic heterocycles. The molecule has 0 radical (unpaired) electrons. The zero-order chi connectivity index (χ0) is 14.8. The zero-order valence-electron chi connectivity index (χ0n) is 12.4. The van der Waals surface area contributed by atoms with E-state index in [9.17, 15) is 4.79 Å². The van der Waals surface area contributed by atoms with Gasteiger partial charge in [0.15, 0.2) is 0 Å². The van der Waals surface area contributed by atoms with E-state index in [4.69, 9.17) is 11.6 Å². The number of hydrogen-bond donors (Lipinski definition) is 2.